The molecule has 2 aromatic carbocycles. The van der Waals surface area contributed by atoms with E-state index in [2.05, 4.69) is 15.5 Å². The molecule has 1 aliphatic heterocycles. The second kappa shape index (κ2) is 8.27. The van der Waals surface area contributed by atoms with Crippen molar-refractivity contribution in [3.8, 4) is 5.69 Å². The van der Waals surface area contributed by atoms with Gasteiger partial charge in [-0.05, 0) is 52.4 Å². The van der Waals surface area contributed by atoms with Crippen LogP contribution in [0.5, 0.6) is 0 Å². The quantitative estimate of drug-likeness (QED) is 0.467. The summed E-state index contributed by atoms with van der Waals surface area (Å²) in [7, 11) is 0. The van der Waals surface area contributed by atoms with Crippen LogP contribution in [0, 0.1) is 0 Å². The number of hydrazone groups is 1. The molecule has 4 aromatic rings. The lowest BCUT2D eigenvalue weighted by Gasteiger charge is -2.19. The Morgan fingerprint density at radius 2 is 1.81 bits per heavy atom. The van der Waals surface area contributed by atoms with Crippen LogP contribution in [0.1, 0.15) is 23.8 Å². The monoisotopic (exact) mass is 448 g/mol. The molecule has 2 aromatic heterocycles. The van der Waals surface area contributed by atoms with E-state index in [1.165, 1.54) is 5.01 Å². The highest BCUT2D eigenvalue weighted by atomic mass is 35.5. The van der Waals surface area contributed by atoms with Crippen LogP contribution in [0.2, 0.25) is 5.02 Å². The molecular formula is C22H17ClN6O3. The van der Waals surface area contributed by atoms with Gasteiger partial charge >= 0.3 is 5.69 Å². The Morgan fingerprint density at radius 3 is 2.53 bits per heavy atom. The molecule has 0 aliphatic carbocycles. The van der Waals surface area contributed by atoms with Gasteiger partial charge in [0.05, 0.1) is 17.7 Å². The third-order valence-corrected chi connectivity index (χ3v) is 5.39. The van der Waals surface area contributed by atoms with Crippen LogP contribution in [0.3, 0.4) is 0 Å². The van der Waals surface area contributed by atoms with Gasteiger partial charge in [-0.25, -0.2) is 9.80 Å². The number of tetrazole rings is 1. The van der Waals surface area contributed by atoms with E-state index >= 15 is 0 Å². The van der Waals surface area contributed by atoms with E-state index in [1.54, 1.807) is 54.8 Å². The zero-order valence-corrected chi connectivity index (χ0v) is 17.5. The molecule has 1 atom stereocenters. The lowest BCUT2D eigenvalue weighted by Crippen LogP contribution is -2.34. The zero-order chi connectivity index (χ0) is 22.1. The molecule has 0 fully saturated rings. The molecule has 1 amide bonds. The Kier molecular flexibility index (Phi) is 5.16. The molecule has 10 heteroatoms. The Labute approximate surface area is 187 Å². The van der Waals surface area contributed by atoms with Gasteiger partial charge in [0, 0.05) is 11.4 Å². The lowest BCUT2D eigenvalue weighted by atomic mass is 10.0. The van der Waals surface area contributed by atoms with Gasteiger partial charge in [-0.3, -0.25) is 4.79 Å². The molecule has 0 saturated heterocycles. The lowest BCUT2D eigenvalue weighted by molar-refractivity contribution is -0.134. The second-order valence-corrected chi connectivity index (χ2v) is 7.63. The molecule has 1 aliphatic rings. The predicted octanol–water partition coefficient (Wildman–Crippen LogP) is 3.05. The van der Waals surface area contributed by atoms with Crippen molar-refractivity contribution in [1.82, 2.24) is 24.8 Å². The molecule has 5 rings (SSSR count). The Bertz CT molecular complexity index is 1330. The van der Waals surface area contributed by atoms with E-state index in [9.17, 15) is 9.59 Å². The molecule has 160 valence electrons. The van der Waals surface area contributed by atoms with Crippen molar-refractivity contribution in [2.24, 2.45) is 5.10 Å². The first kappa shape index (κ1) is 20.0. The summed E-state index contributed by atoms with van der Waals surface area (Å²) in [6.07, 6.45) is 2.01. The number of aromatic nitrogens is 4. The van der Waals surface area contributed by atoms with E-state index in [4.69, 9.17) is 16.0 Å². The third kappa shape index (κ3) is 3.74. The molecule has 0 saturated carbocycles. The number of benzene rings is 2. The van der Waals surface area contributed by atoms with Crippen LogP contribution in [-0.4, -0.2) is 36.4 Å². The summed E-state index contributed by atoms with van der Waals surface area (Å²) in [4.78, 5) is 25.9. The Balaban J connectivity index is 1.43. The van der Waals surface area contributed by atoms with Gasteiger partial charge in [0.1, 0.15) is 18.3 Å². The fourth-order valence-electron chi connectivity index (χ4n) is 3.56. The molecule has 3 heterocycles. The number of hydrogen-bond donors (Lipinski definition) is 0. The van der Waals surface area contributed by atoms with E-state index in [-0.39, 0.29) is 6.54 Å². The molecule has 0 radical (unpaired) electrons. The molecule has 0 spiro atoms. The van der Waals surface area contributed by atoms with E-state index < -0.39 is 17.6 Å². The van der Waals surface area contributed by atoms with Gasteiger partial charge < -0.3 is 4.42 Å². The second-order valence-electron chi connectivity index (χ2n) is 7.19. The highest BCUT2D eigenvalue weighted by Gasteiger charge is 2.35. The average Bonchev–Trinajstić information content (AvgIpc) is 3.55. The summed E-state index contributed by atoms with van der Waals surface area (Å²) in [5, 5.41) is 14.2. The van der Waals surface area contributed by atoms with Crippen LogP contribution in [0.4, 0.5) is 0 Å². The standard InChI is InChI=1S/C22H17ClN6O3/c23-16-10-8-15(9-11-16)18-13-19(20-7-4-12-32-20)29(24-18)21(30)14-27-22(31)28(26-25-27)17-5-2-1-3-6-17/h1-12,19H,13-14H2/t19-/m1/s1. The zero-order valence-electron chi connectivity index (χ0n) is 16.7. The molecule has 9 nitrogen and oxygen atoms in total. The number of nitrogens with zero attached hydrogens (tertiary/aromatic N) is 6. The summed E-state index contributed by atoms with van der Waals surface area (Å²) in [6, 6.07) is 19.3. The number of carbonyl (C=O) groups excluding carboxylic acids is 1. The largest absolute Gasteiger partial charge is 0.467 e. The van der Waals surface area contributed by atoms with Gasteiger partial charge in [0.25, 0.3) is 5.91 Å². The average molecular weight is 449 g/mol. The summed E-state index contributed by atoms with van der Waals surface area (Å²) in [5.74, 6) is 0.198. The minimum atomic E-state index is -0.514. The number of furan rings is 1. The third-order valence-electron chi connectivity index (χ3n) is 5.14. The molecular weight excluding hydrogens is 432 g/mol. The topological polar surface area (TPSA) is 98.5 Å². The van der Waals surface area contributed by atoms with Gasteiger partial charge in [0.2, 0.25) is 0 Å². The normalized spacial score (nSPS) is 15.7. The highest BCUT2D eigenvalue weighted by molar-refractivity contribution is 6.30. The SMILES string of the molecule is O=C(Cn1nnn(-c2ccccc2)c1=O)N1N=C(c2ccc(Cl)cc2)C[C@@H]1c1ccco1. The van der Waals surface area contributed by atoms with Crippen molar-refractivity contribution in [3.05, 3.63) is 99.8 Å². The first-order valence-corrected chi connectivity index (χ1v) is 10.2. The minimum absolute atomic E-state index is 0.305. The van der Waals surface area contributed by atoms with Crippen LogP contribution in [-0.2, 0) is 11.3 Å². The van der Waals surface area contributed by atoms with Crippen molar-refractivity contribution in [3.63, 3.8) is 0 Å². The summed E-state index contributed by atoms with van der Waals surface area (Å²) in [6.45, 7) is -0.305. The summed E-state index contributed by atoms with van der Waals surface area (Å²) in [5.41, 5.74) is 1.62. The summed E-state index contributed by atoms with van der Waals surface area (Å²) < 4.78 is 7.71. The highest BCUT2D eigenvalue weighted by Crippen LogP contribution is 2.33. The van der Waals surface area contributed by atoms with Gasteiger partial charge in [-0.15, -0.1) is 0 Å². The molecule has 32 heavy (non-hydrogen) atoms. The van der Waals surface area contributed by atoms with Crippen molar-refractivity contribution in [1.29, 1.82) is 0 Å². The van der Waals surface area contributed by atoms with Gasteiger partial charge in [-0.1, -0.05) is 41.9 Å². The van der Waals surface area contributed by atoms with E-state index in [0.717, 1.165) is 20.6 Å². The van der Waals surface area contributed by atoms with Crippen molar-refractivity contribution < 1.29 is 9.21 Å². The minimum Gasteiger partial charge on any atom is -0.467 e. The number of halogens is 1. The van der Waals surface area contributed by atoms with Crippen molar-refractivity contribution in [2.75, 3.05) is 0 Å². The predicted molar refractivity (Wildman–Crippen MR) is 117 cm³/mol. The molecule has 0 unspecified atom stereocenters. The number of rotatable bonds is 5. The van der Waals surface area contributed by atoms with Crippen molar-refractivity contribution in [2.45, 2.75) is 19.0 Å². The van der Waals surface area contributed by atoms with E-state index in [0.29, 0.717) is 22.9 Å². The number of hydrogen-bond acceptors (Lipinski definition) is 6. The Hall–Kier alpha value is -3.98. The van der Waals surface area contributed by atoms with Crippen LogP contribution in [0.25, 0.3) is 5.69 Å². The molecule has 0 N–H and O–H groups in total. The fourth-order valence-corrected chi connectivity index (χ4v) is 3.69. The van der Waals surface area contributed by atoms with E-state index in [1.807, 2.05) is 18.2 Å². The number of carbonyl (C=O) groups is 1. The van der Waals surface area contributed by atoms with Crippen molar-refractivity contribution >= 4 is 23.2 Å². The maximum atomic E-state index is 13.2. The number of para-hydroxylation sites is 1. The first-order valence-electron chi connectivity index (χ1n) is 9.87. The number of amides is 1. The van der Waals surface area contributed by atoms with Crippen LogP contribution < -0.4 is 5.69 Å². The van der Waals surface area contributed by atoms with Crippen LogP contribution >= 0.6 is 11.6 Å². The van der Waals surface area contributed by atoms with Crippen LogP contribution in [0.15, 0.2) is 87.3 Å². The van der Waals surface area contributed by atoms with Gasteiger partial charge in [0.15, 0.2) is 0 Å². The fraction of sp³-hybridized carbons (Fsp3) is 0.136. The maximum absolute atomic E-state index is 13.2. The first-order chi connectivity index (χ1) is 15.6. The summed E-state index contributed by atoms with van der Waals surface area (Å²) >= 11 is 5.99. The van der Waals surface area contributed by atoms with Gasteiger partial charge in [-0.2, -0.15) is 14.5 Å². The maximum Gasteiger partial charge on any atom is 0.368 e. The smallest absolute Gasteiger partial charge is 0.368 e. The Morgan fingerprint density at radius 1 is 1.03 bits per heavy atom. The molecule has 0 bridgehead atoms.